The van der Waals surface area contributed by atoms with Crippen LogP contribution in [0.2, 0.25) is 0 Å². The first-order valence-electron chi connectivity index (χ1n) is 10.2. The van der Waals surface area contributed by atoms with Crippen LogP contribution in [0, 0.1) is 20.2 Å². The second-order valence-electron chi connectivity index (χ2n) is 7.90. The quantitative estimate of drug-likeness (QED) is 0.211. The van der Waals surface area contributed by atoms with Gasteiger partial charge in [0, 0.05) is 34.3 Å². The molecule has 2 aliphatic carbocycles. The third-order valence-electron chi connectivity index (χ3n) is 5.72. The number of nitro groups is 2. The summed E-state index contributed by atoms with van der Waals surface area (Å²) in [4.78, 5) is 18.5. The Kier molecular flexibility index (Phi) is 11.2. The molecule has 188 valence electrons. The average Bonchev–Trinajstić information content (AvgIpc) is 2.82. The van der Waals surface area contributed by atoms with Crippen molar-refractivity contribution < 1.29 is 71.4 Å². The molecular formula is C24H17Cl4KN2O6. The molecule has 0 saturated heterocycles. The number of hydrogen-bond donors (Lipinski definition) is 0. The maximum absolute atomic E-state index is 11.1. The molecule has 4 unspecified atom stereocenters. The SMILES string of the molecule is O=[N+]([O-])c1ccc(C2(Cl)C=C(Cl)C=CC2OC2C=CC(Cl)=CC2(Cl)c2ccc([N+](=O)[O-])cc2)cc1.[K+].[OH-]. The molecule has 0 radical (unpaired) electrons. The van der Waals surface area contributed by atoms with Gasteiger partial charge in [0.05, 0.1) is 9.85 Å². The van der Waals surface area contributed by atoms with Gasteiger partial charge in [-0.3, -0.25) is 20.2 Å². The number of allylic oxidation sites excluding steroid dienone is 4. The number of nitrogens with zero attached hydrogens (tertiary/aromatic N) is 2. The van der Waals surface area contributed by atoms with Crippen LogP contribution in [-0.4, -0.2) is 27.5 Å². The van der Waals surface area contributed by atoms with Crippen molar-refractivity contribution in [3.63, 3.8) is 0 Å². The Morgan fingerprint density at radius 1 is 0.703 bits per heavy atom. The summed E-state index contributed by atoms with van der Waals surface area (Å²) in [6.45, 7) is 0. The van der Waals surface area contributed by atoms with Gasteiger partial charge in [0.25, 0.3) is 11.4 Å². The number of alkyl halides is 2. The van der Waals surface area contributed by atoms with Crippen LogP contribution in [0.25, 0.3) is 0 Å². The van der Waals surface area contributed by atoms with Gasteiger partial charge < -0.3 is 10.2 Å². The summed E-state index contributed by atoms with van der Waals surface area (Å²) < 4.78 is 6.41. The van der Waals surface area contributed by atoms with E-state index in [9.17, 15) is 20.2 Å². The monoisotopic (exact) mass is 608 g/mol. The molecule has 2 aliphatic rings. The molecule has 2 aromatic carbocycles. The number of hydrogen-bond acceptors (Lipinski definition) is 6. The molecule has 13 heteroatoms. The van der Waals surface area contributed by atoms with Gasteiger partial charge in [0.2, 0.25) is 0 Å². The fourth-order valence-electron chi connectivity index (χ4n) is 3.92. The molecule has 0 heterocycles. The molecule has 0 aliphatic heterocycles. The Hall–Kier alpha value is -1.08. The largest absolute Gasteiger partial charge is 1.00 e. The van der Waals surface area contributed by atoms with Gasteiger partial charge in [-0.2, -0.15) is 0 Å². The molecule has 0 saturated carbocycles. The van der Waals surface area contributed by atoms with Crippen LogP contribution < -0.4 is 51.4 Å². The van der Waals surface area contributed by atoms with E-state index in [1.54, 1.807) is 60.7 Å². The zero-order chi connectivity index (χ0) is 25.4. The van der Waals surface area contributed by atoms with Crippen molar-refractivity contribution in [3.05, 3.63) is 126 Å². The Morgan fingerprint density at radius 3 is 1.32 bits per heavy atom. The Bertz CT molecular complexity index is 1200. The first-order valence-corrected chi connectivity index (χ1v) is 11.7. The number of halogens is 4. The fraction of sp³-hybridized carbons (Fsp3) is 0.167. The molecule has 0 aromatic heterocycles. The fourth-order valence-corrected chi connectivity index (χ4v) is 5.26. The van der Waals surface area contributed by atoms with Crippen molar-refractivity contribution in [2.24, 2.45) is 0 Å². The minimum Gasteiger partial charge on any atom is -0.870 e. The predicted molar refractivity (Wildman–Crippen MR) is 138 cm³/mol. The van der Waals surface area contributed by atoms with Crippen LogP contribution in [-0.2, 0) is 14.5 Å². The van der Waals surface area contributed by atoms with E-state index >= 15 is 0 Å². The van der Waals surface area contributed by atoms with Crippen molar-refractivity contribution in [1.29, 1.82) is 0 Å². The van der Waals surface area contributed by atoms with Crippen LogP contribution in [0.1, 0.15) is 11.1 Å². The van der Waals surface area contributed by atoms with Gasteiger partial charge in [0.1, 0.15) is 22.0 Å². The molecular weight excluding hydrogens is 593 g/mol. The van der Waals surface area contributed by atoms with E-state index in [0.29, 0.717) is 21.2 Å². The van der Waals surface area contributed by atoms with Crippen molar-refractivity contribution in [2.75, 3.05) is 0 Å². The minimum atomic E-state index is -1.30. The summed E-state index contributed by atoms with van der Waals surface area (Å²) in [5.74, 6) is 0. The number of benzene rings is 2. The topological polar surface area (TPSA) is 126 Å². The standard InChI is InChI=1S/C24H16Cl4N2O5.K.H2O/c25-17-5-11-21(23(27,13-17)15-1-7-19(8-2-15)29(31)32)35-22-12-6-18(26)14-24(22,28)16-3-9-20(10-4-16)30(33)34;;/h1-14,21-22H;;1H2/q;+1;/p-1. The zero-order valence-corrected chi connectivity index (χ0v) is 25.3. The first-order chi connectivity index (χ1) is 16.5. The van der Waals surface area contributed by atoms with Crippen LogP contribution >= 0.6 is 46.4 Å². The second kappa shape index (κ2) is 12.8. The van der Waals surface area contributed by atoms with Crippen LogP contribution in [0.4, 0.5) is 11.4 Å². The number of nitro benzene ring substituents is 2. The third kappa shape index (κ3) is 6.74. The van der Waals surface area contributed by atoms with Gasteiger partial charge >= 0.3 is 51.4 Å². The van der Waals surface area contributed by atoms with Crippen LogP contribution in [0.5, 0.6) is 0 Å². The molecule has 0 bridgehead atoms. The number of rotatable bonds is 6. The summed E-state index contributed by atoms with van der Waals surface area (Å²) >= 11 is 26.6. The third-order valence-corrected chi connectivity index (χ3v) is 7.27. The molecule has 1 N–H and O–H groups in total. The van der Waals surface area contributed by atoms with E-state index in [2.05, 4.69) is 0 Å². The molecule has 4 atom stereocenters. The molecule has 0 fully saturated rings. The van der Waals surface area contributed by atoms with Gasteiger partial charge in [-0.05, 0) is 59.7 Å². The maximum atomic E-state index is 11.1. The number of ether oxygens (including phenoxy) is 1. The second-order valence-corrected chi connectivity index (χ2v) is 10.0. The Labute approximate surface area is 274 Å². The Morgan fingerprint density at radius 2 is 1.03 bits per heavy atom. The van der Waals surface area contributed by atoms with Crippen molar-refractivity contribution in [1.82, 2.24) is 0 Å². The summed E-state index contributed by atoms with van der Waals surface area (Å²) in [6.07, 6.45) is 8.24. The van der Waals surface area contributed by atoms with Crippen molar-refractivity contribution >= 4 is 57.8 Å². The van der Waals surface area contributed by atoms with Crippen molar-refractivity contribution in [2.45, 2.75) is 22.0 Å². The van der Waals surface area contributed by atoms with E-state index in [1.807, 2.05) is 0 Å². The smallest absolute Gasteiger partial charge is 0.870 e. The molecule has 8 nitrogen and oxygen atoms in total. The summed E-state index contributed by atoms with van der Waals surface area (Å²) in [5, 5.41) is 22.9. The van der Waals surface area contributed by atoms with Gasteiger partial charge in [-0.25, -0.2) is 0 Å². The van der Waals surface area contributed by atoms with E-state index in [4.69, 9.17) is 51.1 Å². The van der Waals surface area contributed by atoms with Gasteiger partial charge in [-0.1, -0.05) is 35.4 Å². The molecule has 2 aromatic rings. The van der Waals surface area contributed by atoms with E-state index in [0.717, 1.165) is 0 Å². The maximum Gasteiger partial charge on any atom is 1.00 e. The summed E-state index contributed by atoms with van der Waals surface area (Å²) in [6, 6.07) is 11.6. The zero-order valence-electron chi connectivity index (χ0n) is 19.1. The predicted octanol–water partition coefficient (Wildman–Crippen LogP) is 4.04. The number of non-ortho nitro benzene ring substituents is 2. The van der Waals surface area contributed by atoms with Crippen LogP contribution in [0.15, 0.2) is 95.1 Å². The van der Waals surface area contributed by atoms with Crippen LogP contribution in [0.3, 0.4) is 0 Å². The normalized spacial score (nSPS) is 26.3. The van der Waals surface area contributed by atoms with Gasteiger partial charge in [0.15, 0.2) is 0 Å². The molecule has 0 spiro atoms. The first kappa shape index (κ1) is 32.1. The van der Waals surface area contributed by atoms with E-state index < -0.39 is 31.8 Å². The van der Waals surface area contributed by atoms with E-state index in [-0.39, 0.29) is 68.2 Å². The molecule has 0 amide bonds. The van der Waals surface area contributed by atoms with Crippen molar-refractivity contribution in [3.8, 4) is 0 Å². The Balaban J connectivity index is 0.00000241. The van der Waals surface area contributed by atoms with E-state index in [1.165, 1.54) is 24.3 Å². The summed E-state index contributed by atoms with van der Waals surface area (Å²) in [5.41, 5.74) is 0.893. The molecule has 4 rings (SSSR count). The average molecular weight is 610 g/mol. The molecule has 37 heavy (non-hydrogen) atoms. The van der Waals surface area contributed by atoms with Gasteiger partial charge in [-0.15, -0.1) is 23.2 Å². The summed E-state index contributed by atoms with van der Waals surface area (Å²) in [7, 11) is 0. The minimum absolute atomic E-state index is 0.